The van der Waals surface area contributed by atoms with Crippen LogP contribution in [0.1, 0.15) is 34.1 Å². The van der Waals surface area contributed by atoms with E-state index >= 15 is 0 Å². The van der Waals surface area contributed by atoms with Gasteiger partial charge in [0.05, 0.1) is 13.2 Å². The number of aliphatic hydroxyl groups is 1. The molecule has 1 heterocycles. The van der Waals surface area contributed by atoms with Gasteiger partial charge in [0.2, 0.25) is 0 Å². The van der Waals surface area contributed by atoms with E-state index in [1.807, 2.05) is 11.4 Å². The Kier molecular flexibility index (Phi) is 3.58. The zero-order valence-electron chi connectivity index (χ0n) is 11.1. The van der Waals surface area contributed by atoms with Crippen molar-refractivity contribution in [3.63, 3.8) is 0 Å². The first kappa shape index (κ1) is 12.7. The molecule has 100 valence electrons. The van der Waals surface area contributed by atoms with E-state index < -0.39 is 6.10 Å². The van der Waals surface area contributed by atoms with Crippen LogP contribution in [-0.4, -0.2) is 12.2 Å². The maximum atomic E-state index is 10.3. The zero-order valence-corrected chi connectivity index (χ0v) is 11.9. The summed E-state index contributed by atoms with van der Waals surface area (Å²) in [5, 5.41) is 12.2. The third-order valence-electron chi connectivity index (χ3n) is 3.75. The van der Waals surface area contributed by atoms with Crippen molar-refractivity contribution in [3.05, 3.63) is 51.2 Å². The van der Waals surface area contributed by atoms with Crippen molar-refractivity contribution in [2.75, 3.05) is 7.11 Å². The lowest BCUT2D eigenvalue weighted by atomic mass is 10.0. The van der Waals surface area contributed by atoms with Crippen LogP contribution in [0.3, 0.4) is 0 Å². The molecule has 0 aliphatic heterocycles. The predicted molar refractivity (Wildman–Crippen MR) is 78.0 cm³/mol. The van der Waals surface area contributed by atoms with Gasteiger partial charge in [-0.25, -0.2) is 0 Å². The first-order valence-corrected chi connectivity index (χ1v) is 7.55. The number of rotatable bonds is 4. The van der Waals surface area contributed by atoms with E-state index in [0.29, 0.717) is 6.42 Å². The molecule has 0 bridgehead atoms. The van der Waals surface area contributed by atoms with E-state index in [4.69, 9.17) is 4.74 Å². The number of hydrogen-bond donors (Lipinski definition) is 1. The number of benzene rings is 1. The van der Waals surface area contributed by atoms with Crippen molar-refractivity contribution in [3.8, 4) is 5.75 Å². The molecule has 3 rings (SSSR count). The van der Waals surface area contributed by atoms with Gasteiger partial charge in [-0.3, -0.25) is 0 Å². The van der Waals surface area contributed by atoms with Gasteiger partial charge in [0, 0.05) is 16.7 Å². The monoisotopic (exact) mass is 274 g/mol. The second-order valence-electron chi connectivity index (χ2n) is 5.07. The fourth-order valence-corrected chi connectivity index (χ4v) is 3.53. The first-order chi connectivity index (χ1) is 9.26. The average molecular weight is 274 g/mol. The SMILES string of the molecule is COc1csc(C(O)Cc2ccc3c(c2)CCC3)c1. The third kappa shape index (κ3) is 2.67. The molecular formula is C16H18O2S. The Bertz CT molecular complexity index is 574. The highest BCUT2D eigenvalue weighted by Gasteiger charge is 2.15. The van der Waals surface area contributed by atoms with E-state index in [-0.39, 0.29) is 0 Å². The number of methoxy groups -OCH3 is 1. The van der Waals surface area contributed by atoms with Gasteiger partial charge < -0.3 is 9.84 Å². The Morgan fingerprint density at radius 3 is 2.89 bits per heavy atom. The summed E-state index contributed by atoms with van der Waals surface area (Å²) in [6.45, 7) is 0. The molecule has 2 nitrogen and oxygen atoms in total. The highest BCUT2D eigenvalue weighted by atomic mass is 32.1. The van der Waals surface area contributed by atoms with Crippen molar-refractivity contribution in [1.82, 2.24) is 0 Å². The van der Waals surface area contributed by atoms with Gasteiger partial charge in [-0.1, -0.05) is 18.2 Å². The largest absolute Gasteiger partial charge is 0.496 e. The number of thiophene rings is 1. The predicted octanol–water partition coefficient (Wildman–Crippen LogP) is 3.52. The van der Waals surface area contributed by atoms with Crippen LogP contribution in [0.15, 0.2) is 29.6 Å². The van der Waals surface area contributed by atoms with E-state index in [1.165, 1.54) is 36.0 Å². The highest BCUT2D eigenvalue weighted by molar-refractivity contribution is 7.10. The molecule has 0 radical (unpaired) electrons. The summed E-state index contributed by atoms with van der Waals surface area (Å²) >= 11 is 1.55. The van der Waals surface area contributed by atoms with Crippen LogP contribution in [0.5, 0.6) is 5.75 Å². The number of ether oxygens (including phenoxy) is 1. The van der Waals surface area contributed by atoms with Gasteiger partial charge in [0.15, 0.2) is 0 Å². The van der Waals surface area contributed by atoms with Crippen molar-refractivity contribution < 1.29 is 9.84 Å². The molecule has 1 atom stereocenters. The summed E-state index contributed by atoms with van der Waals surface area (Å²) in [5.74, 6) is 0.827. The maximum absolute atomic E-state index is 10.3. The van der Waals surface area contributed by atoms with Gasteiger partial charge in [-0.05, 0) is 42.0 Å². The van der Waals surface area contributed by atoms with Crippen LogP contribution in [0, 0.1) is 0 Å². The second kappa shape index (κ2) is 5.35. The molecule has 1 aromatic carbocycles. The van der Waals surface area contributed by atoms with Crippen molar-refractivity contribution >= 4 is 11.3 Å². The molecule has 1 aliphatic rings. The molecule has 0 saturated heterocycles. The molecule has 0 fully saturated rings. The molecule has 1 aliphatic carbocycles. The highest BCUT2D eigenvalue weighted by Crippen LogP contribution is 2.30. The molecular weight excluding hydrogens is 256 g/mol. The maximum Gasteiger partial charge on any atom is 0.129 e. The van der Waals surface area contributed by atoms with Crippen LogP contribution in [-0.2, 0) is 19.3 Å². The lowest BCUT2D eigenvalue weighted by molar-refractivity contribution is 0.182. The standard InChI is InChI=1S/C16H18O2S/c1-18-14-9-16(19-10-14)15(17)8-11-5-6-12-3-2-4-13(12)7-11/h5-7,9-10,15,17H,2-4,8H2,1H3. The minimum absolute atomic E-state index is 0.437. The molecule has 19 heavy (non-hydrogen) atoms. The van der Waals surface area contributed by atoms with Crippen molar-refractivity contribution in [1.29, 1.82) is 0 Å². The fourth-order valence-electron chi connectivity index (χ4n) is 2.69. The Morgan fingerprint density at radius 1 is 1.26 bits per heavy atom. The Labute approximate surface area is 117 Å². The number of fused-ring (bicyclic) bond motifs is 1. The molecule has 1 aromatic heterocycles. The van der Waals surface area contributed by atoms with Gasteiger partial charge in [0.25, 0.3) is 0 Å². The minimum atomic E-state index is -0.437. The summed E-state index contributed by atoms with van der Waals surface area (Å²) in [5.41, 5.74) is 4.17. The second-order valence-corrected chi connectivity index (χ2v) is 6.01. The Hall–Kier alpha value is -1.32. The number of aryl methyl sites for hydroxylation is 2. The van der Waals surface area contributed by atoms with E-state index in [2.05, 4.69) is 18.2 Å². The molecule has 0 spiro atoms. The Morgan fingerprint density at radius 2 is 2.11 bits per heavy atom. The quantitative estimate of drug-likeness (QED) is 0.924. The van der Waals surface area contributed by atoms with Gasteiger partial charge in [0.1, 0.15) is 5.75 Å². The number of hydrogen-bond acceptors (Lipinski definition) is 3. The van der Waals surface area contributed by atoms with Gasteiger partial charge >= 0.3 is 0 Å². The topological polar surface area (TPSA) is 29.5 Å². The van der Waals surface area contributed by atoms with Gasteiger partial charge in [-0.2, -0.15) is 0 Å². The average Bonchev–Trinajstić information content (AvgIpc) is 3.06. The van der Waals surface area contributed by atoms with Crippen LogP contribution in [0.2, 0.25) is 0 Å². The Balaban J connectivity index is 1.73. The third-order valence-corrected chi connectivity index (χ3v) is 4.76. The summed E-state index contributed by atoms with van der Waals surface area (Å²) in [4.78, 5) is 0.970. The van der Waals surface area contributed by atoms with Crippen LogP contribution in [0.4, 0.5) is 0 Å². The minimum Gasteiger partial charge on any atom is -0.496 e. The van der Waals surface area contributed by atoms with E-state index in [0.717, 1.165) is 10.6 Å². The molecule has 0 amide bonds. The van der Waals surface area contributed by atoms with Gasteiger partial charge in [-0.15, -0.1) is 11.3 Å². The summed E-state index contributed by atoms with van der Waals surface area (Å²) in [7, 11) is 1.65. The zero-order chi connectivity index (χ0) is 13.2. The summed E-state index contributed by atoms with van der Waals surface area (Å²) in [6.07, 6.45) is 3.90. The van der Waals surface area contributed by atoms with Crippen LogP contribution >= 0.6 is 11.3 Å². The first-order valence-electron chi connectivity index (χ1n) is 6.67. The molecule has 0 saturated carbocycles. The van der Waals surface area contributed by atoms with Crippen molar-refractivity contribution in [2.45, 2.75) is 31.8 Å². The molecule has 1 N–H and O–H groups in total. The lowest BCUT2D eigenvalue weighted by Crippen LogP contribution is -2.00. The summed E-state index contributed by atoms with van der Waals surface area (Å²) in [6, 6.07) is 8.55. The van der Waals surface area contributed by atoms with Crippen LogP contribution in [0.25, 0.3) is 0 Å². The normalized spacial score (nSPS) is 15.3. The molecule has 2 aromatic rings. The molecule has 1 unspecified atom stereocenters. The van der Waals surface area contributed by atoms with E-state index in [1.54, 1.807) is 18.4 Å². The lowest BCUT2D eigenvalue weighted by Gasteiger charge is -2.10. The van der Waals surface area contributed by atoms with Crippen molar-refractivity contribution in [2.24, 2.45) is 0 Å². The fraction of sp³-hybridized carbons (Fsp3) is 0.375. The van der Waals surface area contributed by atoms with E-state index in [9.17, 15) is 5.11 Å². The molecule has 3 heteroatoms. The smallest absolute Gasteiger partial charge is 0.129 e. The number of aliphatic hydroxyl groups excluding tert-OH is 1. The summed E-state index contributed by atoms with van der Waals surface area (Å²) < 4.78 is 5.16. The van der Waals surface area contributed by atoms with Crippen LogP contribution < -0.4 is 4.74 Å².